The lowest BCUT2D eigenvalue weighted by atomic mass is 10.0. The van der Waals surface area contributed by atoms with Gasteiger partial charge in [-0.25, -0.2) is 4.98 Å². The van der Waals surface area contributed by atoms with E-state index in [0.717, 1.165) is 37.4 Å². The number of nitrogens with one attached hydrogen (secondary N) is 1. The van der Waals surface area contributed by atoms with Crippen molar-refractivity contribution in [1.82, 2.24) is 15.3 Å². The highest BCUT2D eigenvalue weighted by Gasteiger charge is 2.23. The molecule has 6 nitrogen and oxygen atoms in total. The first-order chi connectivity index (χ1) is 10.6. The summed E-state index contributed by atoms with van der Waals surface area (Å²) in [6, 6.07) is 1.90. The van der Waals surface area contributed by atoms with Crippen LogP contribution in [0.2, 0.25) is 0 Å². The van der Waals surface area contributed by atoms with Crippen LogP contribution in [-0.2, 0) is 0 Å². The van der Waals surface area contributed by atoms with Crippen LogP contribution in [0.5, 0.6) is 0 Å². The number of furan rings is 1. The molecule has 3 heterocycles. The molecule has 0 unspecified atom stereocenters. The van der Waals surface area contributed by atoms with Crippen LogP contribution in [-0.4, -0.2) is 35.0 Å². The Morgan fingerprint density at radius 3 is 2.73 bits per heavy atom. The number of aromatic nitrogens is 2. The summed E-state index contributed by atoms with van der Waals surface area (Å²) >= 11 is 0. The Hall–Kier alpha value is -2.37. The third-order valence-electron chi connectivity index (χ3n) is 4.00. The van der Waals surface area contributed by atoms with Gasteiger partial charge in [0.25, 0.3) is 5.91 Å². The van der Waals surface area contributed by atoms with Gasteiger partial charge in [-0.1, -0.05) is 0 Å². The number of hydrogen-bond donors (Lipinski definition) is 1. The lowest BCUT2D eigenvalue weighted by Gasteiger charge is -2.33. The molecule has 2 aromatic rings. The number of aryl methyl sites for hydroxylation is 2. The first kappa shape index (κ1) is 14.6. The molecular formula is C16H20N4O2. The lowest BCUT2D eigenvalue weighted by molar-refractivity contribution is 0.0929. The fourth-order valence-electron chi connectivity index (χ4n) is 2.74. The topological polar surface area (TPSA) is 71.3 Å². The third kappa shape index (κ3) is 3.10. The molecule has 0 saturated carbocycles. The molecule has 0 radical (unpaired) electrons. The van der Waals surface area contributed by atoms with Crippen molar-refractivity contribution >= 4 is 11.7 Å². The van der Waals surface area contributed by atoms with Gasteiger partial charge in [-0.3, -0.25) is 9.78 Å². The summed E-state index contributed by atoms with van der Waals surface area (Å²) in [6.07, 6.45) is 6.89. The van der Waals surface area contributed by atoms with Gasteiger partial charge >= 0.3 is 0 Å². The molecule has 2 aromatic heterocycles. The van der Waals surface area contributed by atoms with Crippen LogP contribution in [0.15, 0.2) is 29.1 Å². The number of hydrogen-bond acceptors (Lipinski definition) is 5. The Bertz CT molecular complexity index is 660. The summed E-state index contributed by atoms with van der Waals surface area (Å²) in [5, 5.41) is 3.08. The van der Waals surface area contributed by atoms with Gasteiger partial charge < -0.3 is 14.6 Å². The molecule has 116 valence electrons. The van der Waals surface area contributed by atoms with E-state index in [1.54, 1.807) is 31.6 Å². The molecule has 1 aliphatic rings. The molecule has 0 aliphatic carbocycles. The average Bonchev–Trinajstić information content (AvgIpc) is 2.94. The summed E-state index contributed by atoms with van der Waals surface area (Å²) < 4.78 is 5.18. The van der Waals surface area contributed by atoms with Crippen LogP contribution in [0.3, 0.4) is 0 Å². The molecule has 0 spiro atoms. The zero-order chi connectivity index (χ0) is 15.5. The second kappa shape index (κ2) is 6.17. The first-order valence-corrected chi connectivity index (χ1v) is 7.52. The highest BCUT2D eigenvalue weighted by atomic mass is 16.3. The van der Waals surface area contributed by atoms with Crippen molar-refractivity contribution in [3.63, 3.8) is 0 Å². The van der Waals surface area contributed by atoms with E-state index in [0.29, 0.717) is 11.3 Å². The summed E-state index contributed by atoms with van der Waals surface area (Å²) in [7, 11) is 0. The molecule has 0 bridgehead atoms. The maximum Gasteiger partial charge on any atom is 0.255 e. The highest BCUT2D eigenvalue weighted by molar-refractivity contribution is 5.95. The average molecular weight is 300 g/mol. The van der Waals surface area contributed by atoms with Crippen molar-refractivity contribution in [1.29, 1.82) is 0 Å². The maximum absolute atomic E-state index is 12.2. The van der Waals surface area contributed by atoms with E-state index in [1.165, 1.54) is 0 Å². The molecular weight excluding hydrogens is 280 g/mol. The lowest BCUT2D eigenvalue weighted by Crippen LogP contribution is -2.45. The Morgan fingerprint density at radius 1 is 1.32 bits per heavy atom. The van der Waals surface area contributed by atoms with Gasteiger partial charge in [0.15, 0.2) is 0 Å². The Balaban J connectivity index is 1.56. The Kier molecular flexibility index (Phi) is 4.09. The van der Waals surface area contributed by atoms with Gasteiger partial charge in [0.2, 0.25) is 0 Å². The summed E-state index contributed by atoms with van der Waals surface area (Å²) in [6.45, 7) is 5.48. The monoisotopic (exact) mass is 300 g/mol. The van der Waals surface area contributed by atoms with Crippen molar-refractivity contribution in [3.8, 4) is 0 Å². The quantitative estimate of drug-likeness (QED) is 0.939. The first-order valence-electron chi connectivity index (χ1n) is 7.52. The minimum atomic E-state index is -0.0555. The fourth-order valence-corrected chi connectivity index (χ4v) is 2.74. The maximum atomic E-state index is 12.2. The van der Waals surface area contributed by atoms with Crippen molar-refractivity contribution in [3.05, 3.63) is 41.7 Å². The van der Waals surface area contributed by atoms with Gasteiger partial charge in [0.1, 0.15) is 11.6 Å². The number of piperidine rings is 1. The van der Waals surface area contributed by atoms with Crippen LogP contribution in [0.1, 0.15) is 34.7 Å². The van der Waals surface area contributed by atoms with E-state index in [4.69, 9.17) is 4.42 Å². The second-order valence-corrected chi connectivity index (χ2v) is 5.64. The van der Waals surface area contributed by atoms with Crippen molar-refractivity contribution < 1.29 is 9.21 Å². The van der Waals surface area contributed by atoms with Gasteiger partial charge in [-0.05, 0) is 32.8 Å². The van der Waals surface area contributed by atoms with Crippen LogP contribution >= 0.6 is 0 Å². The summed E-state index contributed by atoms with van der Waals surface area (Å²) in [4.78, 5) is 23.1. The summed E-state index contributed by atoms with van der Waals surface area (Å²) in [5.41, 5.74) is 1.54. The predicted octanol–water partition coefficient (Wildman–Crippen LogP) is 2.09. The SMILES string of the molecule is Cc1cncc(N2CCC(NC(=O)c3ccoc3C)CC2)n1. The Labute approximate surface area is 129 Å². The molecule has 3 rings (SSSR count). The number of carbonyl (C=O) groups excluding carboxylic acids is 1. The molecule has 1 N–H and O–H groups in total. The number of carbonyl (C=O) groups is 1. The fraction of sp³-hybridized carbons (Fsp3) is 0.438. The van der Waals surface area contributed by atoms with Gasteiger partial charge in [-0.2, -0.15) is 0 Å². The zero-order valence-corrected chi connectivity index (χ0v) is 12.9. The standard InChI is InChI=1S/C16H20N4O2/c1-11-9-17-10-15(18-11)20-6-3-13(4-7-20)19-16(21)14-5-8-22-12(14)2/h5,8-10,13H,3-4,6-7H2,1-2H3,(H,19,21). The summed E-state index contributed by atoms with van der Waals surface area (Å²) in [5.74, 6) is 1.51. The van der Waals surface area contributed by atoms with E-state index in [2.05, 4.69) is 20.2 Å². The number of anilines is 1. The zero-order valence-electron chi connectivity index (χ0n) is 12.9. The van der Waals surface area contributed by atoms with Crippen LogP contribution in [0.4, 0.5) is 5.82 Å². The van der Waals surface area contributed by atoms with Crippen LogP contribution < -0.4 is 10.2 Å². The minimum absolute atomic E-state index is 0.0555. The van der Waals surface area contributed by atoms with E-state index in [1.807, 2.05) is 6.92 Å². The number of nitrogens with zero attached hydrogens (tertiary/aromatic N) is 3. The van der Waals surface area contributed by atoms with E-state index >= 15 is 0 Å². The van der Waals surface area contributed by atoms with Gasteiger partial charge in [-0.15, -0.1) is 0 Å². The molecule has 1 saturated heterocycles. The van der Waals surface area contributed by atoms with Crippen LogP contribution in [0.25, 0.3) is 0 Å². The smallest absolute Gasteiger partial charge is 0.255 e. The van der Waals surface area contributed by atoms with Crippen LogP contribution in [0, 0.1) is 13.8 Å². The molecule has 22 heavy (non-hydrogen) atoms. The molecule has 1 amide bonds. The van der Waals surface area contributed by atoms with Gasteiger partial charge in [0, 0.05) is 25.3 Å². The number of amides is 1. The van der Waals surface area contributed by atoms with Crippen molar-refractivity contribution in [2.45, 2.75) is 32.7 Å². The minimum Gasteiger partial charge on any atom is -0.469 e. The molecule has 6 heteroatoms. The highest BCUT2D eigenvalue weighted by Crippen LogP contribution is 2.18. The predicted molar refractivity (Wildman–Crippen MR) is 82.9 cm³/mol. The second-order valence-electron chi connectivity index (χ2n) is 5.64. The third-order valence-corrected chi connectivity index (χ3v) is 4.00. The van der Waals surface area contributed by atoms with Crippen molar-refractivity contribution in [2.24, 2.45) is 0 Å². The largest absolute Gasteiger partial charge is 0.469 e. The van der Waals surface area contributed by atoms with Crippen molar-refractivity contribution in [2.75, 3.05) is 18.0 Å². The van der Waals surface area contributed by atoms with E-state index in [-0.39, 0.29) is 11.9 Å². The van der Waals surface area contributed by atoms with Gasteiger partial charge in [0.05, 0.1) is 23.7 Å². The number of rotatable bonds is 3. The van der Waals surface area contributed by atoms with E-state index < -0.39 is 0 Å². The Morgan fingerprint density at radius 2 is 2.09 bits per heavy atom. The molecule has 1 fully saturated rings. The molecule has 1 aliphatic heterocycles. The normalized spacial score (nSPS) is 15.8. The molecule has 0 aromatic carbocycles. The van der Waals surface area contributed by atoms with E-state index in [9.17, 15) is 4.79 Å². The molecule has 0 atom stereocenters.